The average Bonchev–Trinajstić information content (AvgIpc) is 2.34. The molecule has 1 heterocycles. The Balaban J connectivity index is 0.00000180. The number of hydrogen-bond acceptors (Lipinski definition) is 2. The van der Waals surface area contributed by atoms with Gasteiger partial charge in [0.25, 0.3) is 0 Å². The fourth-order valence-electron chi connectivity index (χ4n) is 2.51. The molecule has 1 aromatic carbocycles. The van der Waals surface area contributed by atoms with Crippen LogP contribution in [0, 0.1) is 11.6 Å². The summed E-state index contributed by atoms with van der Waals surface area (Å²) in [6, 6.07) is 2.15. The van der Waals surface area contributed by atoms with E-state index in [1.54, 1.807) is 0 Å². The molecule has 2 rings (SSSR count). The third-order valence-electron chi connectivity index (χ3n) is 3.36. The maximum atomic E-state index is 13.9. The van der Waals surface area contributed by atoms with Gasteiger partial charge in [-0.1, -0.05) is 18.5 Å². The lowest BCUT2D eigenvalue weighted by Gasteiger charge is -2.35. The number of nitrogens with one attached hydrogen (secondary N) is 1. The lowest BCUT2D eigenvalue weighted by Crippen LogP contribution is -2.45. The van der Waals surface area contributed by atoms with E-state index < -0.39 is 11.6 Å². The summed E-state index contributed by atoms with van der Waals surface area (Å²) in [5.74, 6) is -1.10. The molecule has 1 atom stereocenters. The molecular weight excluding hydrogens is 329 g/mol. The van der Waals surface area contributed by atoms with Gasteiger partial charge < -0.3 is 5.32 Å². The van der Waals surface area contributed by atoms with Gasteiger partial charge in [0.2, 0.25) is 0 Å². The van der Waals surface area contributed by atoms with Crippen LogP contribution in [-0.4, -0.2) is 31.1 Å². The molecule has 116 valence electrons. The average molecular weight is 348 g/mol. The largest absolute Gasteiger partial charge is 0.314 e. The summed E-state index contributed by atoms with van der Waals surface area (Å²) >= 11 is 5.65. The van der Waals surface area contributed by atoms with E-state index in [4.69, 9.17) is 11.6 Å². The maximum absolute atomic E-state index is 13.9. The number of piperazine rings is 1. The highest BCUT2D eigenvalue weighted by atomic mass is 35.5. The van der Waals surface area contributed by atoms with Crippen molar-refractivity contribution in [3.05, 3.63) is 34.4 Å². The molecular formula is C13H19Cl3F2N2. The number of hydrogen-bond donors (Lipinski definition) is 1. The van der Waals surface area contributed by atoms with Crippen LogP contribution in [0.2, 0.25) is 5.02 Å². The van der Waals surface area contributed by atoms with Gasteiger partial charge in [0, 0.05) is 42.8 Å². The monoisotopic (exact) mass is 346 g/mol. The molecule has 0 radical (unpaired) electrons. The standard InChI is InChI=1S/C13H17ClF2N2.2ClH/c1-2-12(18-5-3-17-4-6-18)13-10(15)7-9(14)8-11(13)16;;/h7-8,12,17H,2-6H2,1H3;2*1H/t12-;;/m1../s1. The van der Waals surface area contributed by atoms with Gasteiger partial charge in [0.15, 0.2) is 0 Å². The second-order valence-corrected chi connectivity index (χ2v) is 4.93. The summed E-state index contributed by atoms with van der Waals surface area (Å²) in [4.78, 5) is 2.12. The molecule has 2 nitrogen and oxygen atoms in total. The van der Waals surface area contributed by atoms with Crippen LogP contribution in [0.15, 0.2) is 12.1 Å². The maximum Gasteiger partial charge on any atom is 0.132 e. The van der Waals surface area contributed by atoms with Gasteiger partial charge >= 0.3 is 0 Å². The fraction of sp³-hybridized carbons (Fsp3) is 0.538. The first-order valence-electron chi connectivity index (χ1n) is 6.22. The van der Waals surface area contributed by atoms with Crippen LogP contribution in [0.25, 0.3) is 0 Å². The Hall–Kier alpha value is -0.130. The first-order valence-corrected chi connectivity index (χ1v) is 6.60. The van der Waals surface area contributed by atoms with E-state index in [-0.39, 0.29) is 41.4 Å². The number of rotatable bonds is 3. The molecule has 7 heteroatoms. The summed E-state index contributed by atoms with van der Waals surface area (Å²) in [5.41, 5.74) is 0.142. The predicted molar refractivity (Wildman–Crippen MR) is 83.3 cm³/mol. The van der Waals surface area contributed by atoms with Crippen molar-refractivity contribution in [3.63, 3.8) is 0 Å². The van der Waals surface area contributed by atoms with Crippen molar-refractivity contribution in [2.24, 2.45) is 0 Å². The molecule has 1 aliphatic rings. The summed E-state index contributed by atoms with van der Waals surface area (Å²) in [5, 5.41) is 3.33. The molecule has 0 saturated carbocycles. The zero-order valence-corrected chi connectivity index (χ0v) is 13.6. The van der Waals surface area contributed by atoms with E-state index in [0.717, 1.165) is 26.2 Å². The minimum atomic E-state index is -0.551. The minimum absolute atomic E-state index is 0. The molecule has 0 amide bonds. The lowest BCUT2D eigenvalue weighted by atomic mass is 10.0. The van der Waals surface area contributed by atoms with E-state index >= 15 is 0 Å². The van der Waals surface area contributed by atoms with Crippen molar-refractivity contribution in [1.29, 1.82) is 0 Å². The molecule has 0 aliphatic carbocycles. The van der Waals surface area contributed by atoms with Crippen molar-refractivity contribution in [1.82, 2.24) is 10.2 Å². The summed E-state index contributed by atoms with van der Waals surface area (Å²) in [7, 11) is 0. The molecule has 1 aliphatic heterocycles. The van der Waals surface area contributed by atoms with Gasteiger partial charge in [0.05, 0.1) is 0 Å². The Morgan fingerprint density at radius 1 is 1.20 bits per heavy atom. The van der Waals surface area contributed by atoms with Crippen molar-refractivity contribution in [2.45, 2.75) is 19.4 Å². The fourth-order valence-corrected chi connectivity index (χ4v) is 2.70. The van der Waals surface area contributed by atoms with Crippen LogP contribution >= 0.6 is 36.4 Å². The topological polar surface area (TPSA) is 15.3 Å². The van der Waals surface area contributed by atoms with E-state index in [9.17, 15) is 8.78 Å². The van der Waals surface area contributed by atoms with Gasteiger partial charge in [-0.2, -0.15) is 0 Å². The second kappa shape index (κ2) is 9.00. The molecule has 0 unspecified atom stereocenters. The smallest absolute Gasteiger partial charge is 0.132 e. The molecule has 0 aromatic heterocycles. The van der Waals surface area contributed by atoms with Crippen LogP contribution in [-0.2, 0) is 0 Å². The molecule has 20 heavy (non-hydrogen) atoms. The zero-order valence-electron chi connectivity index (χ0n) is 11.2. The molecule has 1 saturated heterocycles. The third kappa shape index (κ3) is 4.43. The summed E-state index contributed by atoms with van der Waals surface area (Å²) in [6.07, 6.45) is 0.676. The molecule has 1 fully saturated rings. The first kappa shape index (κ1) is 19.9. The van der Waals surface area contributed by atoms with E-state index in [1.165, 1.54) is 12.1 Å². The van der Waals surface area contributed by atoms with E-state index in [1.807, 2.05) is 6.92 Å². The van der Waals surface area contributed by atoms with Crippen molar-refractivity contribution in [2.75, 3.05) is 26.2 Å². The van der Waals surface area contributed by atoms with Crippen LogP contribution in [0.4, 0.5) is 8.78 Å². The molecule has 1 aromatic rings. The molecule has 1 N–H and O–H groups in total. The SMILES string of the molecule is CC[C@H](c1c(F)cc(Cl)cc1F)N1CCNCC1.Cl.Cl. The highest BCUT2D eigenvalue weighted by Crippen LogP contribution is 2.30. The van der Waals surface area contributed by atoms with Gasteiger partial charge in [-0.15, -0.1) is 24.8 Å². The van der Waals surface area contributed by atoms with E-state index in [2.05, 4.69) is 10.2 Å². The van der Waals surface area contributed by atoms with Crippen LogP contribution in [0.1, 0.15) is 24.9 Å². The quantitative estimate of drug-likeness (QED) is 0.894. The Morgan fingerprint density at radius 2 is 1.70 bits per heavy atom. The Bertz CT molecular complexity index is 403. The van der Waals surface area contributed by atoms with E-state index in [0.29, 0.717) is 6.42 Å². The highest BCUT2D eigenvalue weighted by molar-refractivity contribution is 6.30. The van der Waals surface area contributed by atoms with Crippen LogP contribution < -0.4 is 5.32 Å². The van der Waals surface area contributed by atoms with Gasteiger partial charge in [-0.3, -0.25) is 4.90 Å². The Morgan fingerprint density at radius 3 is 2.15 bits per heavy atom. The second-order valence-electron chi connectivity index (χ2n) is 4.49. The van der Waals surface area contributed by atoms with Crippen molar-refractivity contribution >= 4 is 36.4 Å². The summed E-state index contributed by atoms with van der Waals surface area (Å²) in [6.45, 7) is 5.26. The van der Waals surface area contributed by atoms with Gasteiger partial charge in [-0.05, 0) is 18.6 Å². The Labute approximate surface area is 135 Å². The first-order chi connectivity index (χ1) is 8.63. The van der Waals surface area contributed by atoms with Crippen LogP contribution in [0.3, 0.4) is 0 Å². The third-order valence-corrected chi connectivity index (χ3v) is 3.57. The van der Waals surface area contributed by atoms with Crippen molar-refractivity contribution in [3.8, 4) is 0 Å². The van der Waals surface area contributed by atoms with Crippen molar-refractivity contribution < 1.29 is 8.78 Å². The van der Waals surface area contributed by atoms with Gasteiger partial charge in [-0.25, -0.2) is 8.78 Å². The van der Waals surface area contributed by atoms with Crippen LogP contribution in [0.5, 0.6) is 0 Å². The predicted octanol–water partition coefficient (Wildman–Crippen LogP) is 3.82. The highest BCUT2D eigenvalue weighted by Gasteiger charge is 2.26. The normalized spacial score (nSPS) is 17.0. The summed E-state index contributed by atoms with van der Waals surface area (Å²) < 4.78 is 27.9. The Kier molecular flexibility index (Phi) is 8.95. The van der Waals surface area contributed by atoms with Gasteiger partial charge in [0.1, 0.15) is 11.6 Å². The molecule has 0 spiro atoms. The number of nitrogens with zero attached hydrogens (tertiary/aromatic N) is 1. The minimum Gasteiger partial charge on any atom is -0.314 e. The molecule has 0 bridgehead atoms. The lowest BCUT2D eigenvalue weighted by molar-refractivity contribution is 0.163. The number of benzene rings is 1. The number of halogens is 5. The zero-order chi connectivity index (χ0) is 13.1.